The minimum absolute atomic E-state index is 0.00431. The third-order valence-electron chi connectivity index (χ3n) is 6.41. The molecule has 1 aliphatic heterocycles. The van der Waals surface area contributed by atoms with E-state index >= 15 is 0 Å². The lowest BCUT2D eigenvalue weighted by atomic mass is 10.1. The number of nitrogens with zero attached hydrogens (tertiary/aromatic N) is 6. The van der Waals surface area contributed by atoms with Crippen LogP contribution in [0.3, 0.4) is 0 Å². The second kappa shape index (κ2) is 12.0. The van der Waals surface area contributed by atoms with E-state index < -0.39 is 23.7 Å². The maximum absolute atomic E-state index is 14.7. The van der Waals surface area contributed by atoms with Gasteiger partial charge in [0, 0.05) is 37.2 Å². The smallest absolute Gasteiger partial charge is 0.435 e. The summed E-state index contributed by atoms with van der Waals surface area (Å²) in [5, 5.41) is 13.3. The molecule has 0 amide bonds. The van der Waals surface area contributed by atoms with Gasteiger partial charge in [-0.3, -0.25) is 15.3 Å². The van der Waals surface area contributed by atoms with Gasteiger partial charge in [-0.2, -0.15) is 18.3 Å². The van der Waals surface area contributed by atoms with E-state index in [4.69, 9.17) is 4.74 Å². The van der Waals surface area contributed by atoms with Gasteiger partial charge < -0.3 is 10.1 Å². The maximum Gasteiger partial charge on any atom is 0.435 e. The molecule has 0 bridgehead atoms. The molecule has 13 heteroatoms. The molecular weight excluding hydrogens is 528 g/mol. The third kappa shape index (κ3) is 6.54. The average molecular weight is 555 g/mol. The SMILES string of the molecule is C[C@@H](NCc1cc2c(cn1)OCCC2)c1ncc([C@@H](NCc2ccc(C(F)(F)F)nn2)c2ncccc2F)cn1. The van der Waals surface area contributed by atoms with Gasteiger partial charge in [-0.15, -0.1) is 5.10 Å². The Hall–Kier alpha value is -4.10. The maximum atomic E-state index is 14.7. The van der Waals surface area contributed by atoms with E-state index in [1.54, 1.807) is 18.6 Å². The molecule has 0 saturated carbocycles. The summed E-state index contributed by atoms with van der Waals surface area (Å²) in [5.41, 5.74) is 1.79. The average Bonchev–Trinajstić information content (AvgIpc) is 2.97. The van der Waals surface area contributed by atoms with Crippen molar-refractivity contribution >= 4 is 0 Å². The van der Waals surface area contributed by atoms with Gasteiger partial charge in [0.25, 0.3) is 0 Å². The zero-order valence-corrected chi connectivity index (χ0v) is 21.5. The van der Waals surface area contributed by atoms with Crippen LogP contribution in [0.2, 0.25) is 0 Å². The molecule has 0 spiro atoms. The first-order valence-corrected chi connectivity index (χ1v) is 12.7. The molecule has 40 heavy (non-hydrogen) atoms. The summed E-state index contributed by atoms with van der Waals surface area (Å²) in [7, 11) is 0. The Morgan fingerprint density at radius 3 is 2.48 bits per heavy atom. The predicted molar refractivity (Wildman–Crippen MR) is 135 cm³/mol. The van der Waals surface area contributed by atoms with Crippen LogP contribution in [0.25, 0.3) is 0 Å². The highest BCUT2D eigenvalue weighted by Gasteiger charge is 2.33. The molecule has 0 fully saturated rings. The third-order valence-corrected chi connectivity index (χ3v) is 6.41. The number of pyridine rings is 2. The van der Waals surface area contributed by atoms with Crippen LogP contribution in [0.1, 0.15) is 65.2 Å². The molecular formula is C27H26F4N8O. The summed E-state index contributed by atoms with van der Waals surface area (Å²) in [5.74, 6) is 0.805. The first-order valence-electron chi connectivity index (χ1n) is 12.7. The molecule has 208 valence electrons. The first kappa shape index (κ1) is 27.5. The van der Waals surface area contributed by atoms with Crippen molar-refractivity contribution in [1.82, 2.24) is 40.8 Å². The van der Waals surface area contributed by atoms with E-state index in [1.165, 1.54) is 24.4 Å². The van der Waals surface area contributed by atoms with Crippen LogP contribution in [0.15, 0.2) is 55.1 Å². The molecule has 0 unspecified atom stereocenters. The van der Waals surface area contributed by atoms with Crippen molar-refractivity contribution in [2.24, 2.45) is 0 Å². The van der Waals surface area contributed by atoms with Gasteiger partial charge in [-0.1, -0.05) is 0 Å². The number of halogens is 4. The van der Waals surface area contributed by atoms with Crippen LogP contribution in [-0.4, -0.2) is 36.7 Å². The lowest BCUT2D eigenvalue weighted by Gasteiger charge is -2.20. The van der Waals surface area contributed by atoms with Crippen molar-refractivity contribution in [3.63, 3.8) is 0 Å². The predicted octanol–water partition coefficient (Wildman–Crippen LogP) is 4.27. The molecule has 4 aromatic heterocycles. The van der Waals surface area contributed by atoms with E-state index in [9.17, 15) is 17.6 Å². The fraction of sp³-hybridized carbons (Fsp3) is 0.333. The molecule has 2 atom stereocenters. The van der Waals surface area contributed by atoms with Crippen LogP contribution in [-0.2, 0) is 25.7 Å². The monoisotopic (exact) mass is 554 g/mol. The number of fused-ring (bicyclic) bond motifs is 1. The first-order chi connectivity index (χ1) is 19.3. The van der Waals surface area contributed by atoms with Crippen LogP contribution in [0.5, 0.6) is 5.75 Å². The summed E-state index contributed by atoms with van der Waals surface area (Å²) >= 11 is 0. The highest BCUT2D eigenvalue weighted by atomic mass is 19.4. The number of nitrogens with one attached hydrogen (secondary N) is 2. The summed E-state index contributed by atoms with van der Waals surface area (Å²) in [6.07, 6.45) is 3.70. The minimum Gasteiger partial charge on any atom is -0.492 e. The fourth-order valence-corrected chi connectivity index (χ4v) is 4.27. The fourth-order valence-electron chi connectivity index (χ4n) is 4.27. The van der Waals surface area contributed by atoms with Crippen molar-refractivity contribution in [3.05, 3.63) is 101 Å². The zero-order chi connectivity index (χ0) is 28.1. The molecule has 2 N–H and O–H groups in total. The molecule has 0 aliphatic carbocycles. The lowest BCUT2D eigenvalue weighted by Crippen LogP contribution is -2.26. The number of alkyl halides is 3. The minimum atomic E-state index is -4.59. The molecule has 5 heterocycles. The quantitative estimate of drug-likeness (QED) is 0.293. The largest absolute Gasteiger partial charge is 0.492 e. The van der Waals surface area contributed by atoms with Crippen molar-refractivity contribution in [2.45, 2.75) is 51.1 Å². The Labute approximate surface area is 227 Å². The van der Waals surface area contributed by atoms with Crippen molar-refractivity contribution in [2.75, 3.05) is 6.61 Å². The second-order valence-corrected chi connectivity index (χ2v) is 9.30. The molecule has 5 rings (SSSR count). The number of aromatic nitrogens is 6. The molecule has 9 nitrogen and oxygen atoms in total. The molecule has 0 saturated heterocycles. The van der Waals surface area contributed by atoms with Gasteiger partial charge >= 0.3 is 6.18 Å². The summed E-state index contributed by atoms with van der Waals surface area (Å²) in [6, 6.07) is 5.85. The Morgan fingerprint density at radius 1 is 0.950 bits per heavy atom. The van der Waals surface area contributed by atoms with Crippen LogP contribution < -0.4 is 15.4 Å². The van der Waals surface area contributed by atoms with Gasteiger partial charge in [-0.05, 0) is 55.7 Å². The van der Waals surface area contributed by atoms with E-state index in [0.29, 0.717) is 24.5 Å². The van der Waals surface area contributed by atoms with Crippen LogP contribution in [0, 0.1) is 5.82 Å². The van der Waals surface area contributed by atoms with Crippen molar-refractivity contribution < 1.29 is 22.3 Å². The Balaban J connectivity index is 1.27. The summed E-state index contributed by atoms with van der Waals surface area (Å²) < 4.78 is 58.7. The Kier molecular flexibility index (Phi) is 8.21. The van der Waals surface area contributed by atoms with Crippen molar-refractivity contribution in [1.29, 1.82) is 0 Å². The highest BCUT2D eigenvalue weighted by Crippen LogP contribution is 2.27. The number of hydrogen-bond acceptors (Lipinski definition) is 9. The van der Waals surface area contributed by atoms with Gasteiger partial charge in [-0.25, -0.2) is 14.4 Å². The number of hydrogen-bond donors (Lipinski definition) is 2. The van der Waals surface area contributed by atoms with Gasteiger partial charge in [0.2, 0.25) is 0 Å². The number of aryl methyl sites for hydroxylation is 1. The second-order valence-electron chi connectivity index (χ2n) is 9.30. The molecule has 0 radical (unpaired) electrons. The van der Waals surface area contributed by atoms with Gasteiger partial charge in [0.05, 0.1) is 42.0 Å². The molecule has 4 aromatic rings. The van der Waals surface area contributed by atoms with E-state index in [-0.39, 0.29) is 24.0 Å². The van der Waals surface area contributed by atoms with E-state index in [2.05, 4.69) is 40.8 Å². The standard InChI is InChI=1S/C27H26F4N8O/c1-16(33-14-20-10-17-4-3-9-40-22(17)15-34-20)26-36-11-18(12-37-26)24(25-21(28)5-2-8-32-25)35-13-19-6-7-23(39-38-19)27(29,30)31/h2,5-8,10-12,15-16,24,33,35H,3-4,9,13-14H2,1H3/t16-,24-/m1/s1. The van der Waals surface area contributed by atoms with Gasteiger partial charge in [0.1, 0.15) is 17.4 Å². The Morgan fingerprint density at radius 2 is 1.75 bits per heavy atom. The Bertz CT molecular complexity index is 1430. The zero-order valence-electron chi connectivity index (χ0n) is 21.5. The van der Waals surface area contributed by atoms with Crippen molar-refractivity contribution in [3.8, 4) is 5.75 Å². The summed E-state index contributed by atoms with van der Waals surface area (Å²) in [4.78, 5) is 17.6. The molecule has 1 aliphatic rings. The number of ether oxygens (including phenoxy) is 1. The van der Waals surface area contributed by atoms with E-state index in [1.807, 2.05) is 13.0 Å². The number of rotatable bonds is 9. The lowest BCUT2D eigenvalue weighted by molar-refractivity contribution is -0.141. The van der Waals surface area contributed by atoms with Crippen LogP contribution >= 0.6 is 0 Å². The normalized spacial score (nSPS) is 14.7. The topological polar surface area (TPSA) is 111 Å². The van der Waals surface area contributed by atoms with E-state index in [0.717, 1.165) is 35.9 Å². The summed E-state index contributed by atoms with van der Waals surface area (Å²) in [6.45, 7) is 3.15. The highest BCUT2D eigenvalue weighted by molar-refractivity contribution is 5.34. The van der Waals surface area contributed by atoms with Gasteiger partial charge in [0.15, 0.2) is 5.69 Å². The van der Waals surface area contributed by atoms with Crippen LogP contribution in [0.4, 0.5) is 17.6 Å². The molecule has 0 aromatic carbocycles.